The minimum atomic E-state index is -0.359. The predicted octanol–water partition coefficient (Wildman–Crippen LogP) is 0.00572. The number of likely N-dealkylation sites (N-methyl/N-ethyl adjacent to an activating group) is 1. The van der Waals surface area contributed by atoms with Gasteiger partial charge in [0.15, 0.2) is 0 Å². The fraction of sp³-hybridized carbons (Fsp3) is 0.545. The number of aryl methyl sites for hydroxylation is 1. The Labute approximate surface area is 100 Å². The highest BCUT2D eigenvalue weighted by Gasteiger charge is 2.15. The molecule has 6 nitrogen and oxygen atoms in total. The largest absolute Gasteiger partial charge is 0.464 e. The van der Waals surface area contributed by atoms with Gasteiger partial charge < -0.3 is 9.52 Å². The molecule has 0 radical (unpaired) electrons. The third-order valence-electron chi connectivity index (χ3n) is 2.59. The summed E-state index contributed by atoms with van der Waals surface area (Å²) < 4.78 is 5.48. The number of hydrogen-bond acceptors (Lipinski definition) is 5. The number of hydrazine groups is 1. The summed E-state index contributed by atoms with van der Waals surface area (Å²) in [7, 11) is 0. The van der Waals surface area contributed by atoms with Crippen molar-refractivity contribution in [2.45, 2.75) is 20.4 Å². The number of nitrogens with one attached hydrogen (secondary N) is 1. The highest BCUT2D eigenvalue weighted by atomic mass is 16.3. The van der Waals surface area contributed by atoms with Crippen molar-refractivity contribution in [3.8, 4) is 0 Å². The van der Waals surface area contributed by atoms with Crippen LogP contribution < -0.4 is 11.3 Å². The van der Waals surface area contributed by atoms with E-state index in [1.54, 1.807) is 13.0 Å². The van der Waals surface area contributed by atoms with Crippen molar-refractivity contribution in [1.82, 2.24) is 10.3 Å². The van der Waals surface area contributed by atoms with Crippen molar-refractivity contribution in [2.24, 2.45) is 5.84 Å². The van der Waals surface area contributed by atoms with E-state index in [1.807, 2.05) is 11.8 Å². The molecule has 0 saturated carbocycles. The highest BCUT2D eigenvalue weighted by molar-refractivity contribution is 5.94. The minimum Gasteiger partial charge on any atom is -0.464 e. The van der Waals surface area contributed by atoms with Gasteiger partial charge in [0, 0.05) is 6.54 Å². The zero-order valence-corrected chi connectivity index (χ0v) is 10.2. The lowest BCUT2D eigenvalue weighted by Crippen LogP contribution is -2.30. The normalized spacial score (nSPS) is 10.9. The number of nitrogens with zero attached hydrogens (tertiary/aromatic N) is 1. The topological polar surface area (TPSA) is 91.7 Å². The van der Waals surface area contributed by atoms with Gasteiger partial charge in [0.1, 0.15) is 11.5 Å². The van der Waals surface area contributed by atoms with Crippen molar-refractivity contribution in [3.05, 3.63) is 23.2 Å². The summed E-state index contributed by atoms with van der Waals surface area (Å²) in [5, 5.41) is 8.88. The quantitative estimate of drug-likeness (QED) is 0.370. The van der Waals surface area contributed by atoms with Gasteiger partial charge in [0.2, 0.25) is 0 Å². The molecule has 1 aromatic heterocycles. The molecule has 1 rings (SSSR count). The van der Waals surface area contributed by atoms with Crippen LogP contribution in [0.5, 0.6) is 0 Å². The van der Waals surface area contributed by atoms with Crippen LogP contribution in [0.4, 0.5) is 0 Å². The lowest BCUT2D eigenvalue weighted by atomic mass is 10.2. The Kier molecular flexibility index (Phi) is 5.14. The van der Waals surface area contributed by atoms with Crippen LogP contribution in [0.15, 0.2) is 10.5 Å². The first-order valence-electron chi connectivity index (χ1n) is 5.55. The maximum absolute atomic E-state index is 11.4. The van der Waals surface area contributed by atoms with Crippen molar-refractivity contribution in [2.75, 3.05) is 19.7 Å². The number of nitrogens with two attached hydrogens (primary N) is 1. The fourth-order valence-electron chi connectivity index (χ4n) is 1.64. The van der Waals surface area contributed by atoms with Gasteiger partial charge in [-0.3, -0.25) is 15.1 Å². The third kappa shape index (κ3) is 3.55. The Balaban J connectivity index is 2.75. The molecule has 96 valence electrons. The smallest absolute Gasteiger partial charge is 0.268 e. The van der Waals surface area contributed by atoms with Crippen LogP contribution in [0.2, 0.25) is 0 Å². The Morgan fingerprint density at radius 1 is 1.65 bits per heavy atom. The monoisotopic (exact) mass is 241 g/mol. The second-order valence-electron chi connectivity index (χ2n) is 3.75. The molecule has 0 aliphatic carbocycles. The van der Waals surface area contributed by atoms with Crippen LogP contribution in [0.1, 0.15) is 28.8 Å². The van der Waals surface area contributed by atoms with E-state index in [1.165, 1.54) is 0 Å². The molecule has 0 spiro atoms. The average Bonchev–Trinajstić information content (AvgIpc) is 2.68. The summed E-state index contributed by atoms with van der Waals surface area (Å²) in [4.78, 5) is 13.4. The van der Waals surface area contributed by atoms with Crippen molar-refractivity contribution in [1.29, 1.82) is 0 Å². The molecule has 1 amide bonds. The Hall–Kier alpha value is -1.37. The lowest BCUT2D eigenvalue weighted by Gasteiger charge is -2.16. The maximum atomic E-state index is 11.4. The van der Waals surface area contributed by atoms with Gasteiger partial charge in [0.25, 0.3) is 5.91 Å². The Morgan fingerprint density at radius 2 is 2.35 bits per heavy atom. The summed E-state index contributed by atoms with van der Waals surface area (Å²) in [6.45, 7) is 5.77. The third-order valence-corrected chi connectivity index (χ3v) is 2.59. The summed E-state index contributed by atoms with van der Waals surface area (Å²) in [6, 6.07) is 1.68. The number of carbonyl (C=O) groups excluding carboxylic acids is 1. The van der Waals surface area contributed by atoms with E-state index in [2.05, 4.69) is 5.43 Å². The second kappa shape index (κ2) is 6.39. The van der Waals surface area contributed by atoms with E-state index in [4.69, 9.17) is 15.4 Å². The first-order chi connectivity index (χ1) is 8.12. The molecule has 0 saturated heterocycles. The van der Waals surface area contributed by atoms with Gasteiger partial charge in [0.05, 0.1) is 18.7 Å². The molecule has 0 fully saturated rings. The van der Waals surface area contributed by atoms with E-state index in [-0.39, 0.29) is 12.5 Å². The first kappa shape index (κ1) is 13.7. The number of rotatable bonds is 6. The van der Waals surface area contributed by atoms with Crippen LogP contribution in [0, 0.1) is 6.92 Å². The minimum absolute atomic E-state index is 0.101. The molecule has 0 aromatic carbocycles. The molecule has 1 aromatic rings. The number of furan rings is 1. The van der Waals surface area contributed by atoms with Crippen LogP contribution in [0.25, 0.3) is 0 Å². The number of amides is 1. The fourth-order valence-corrected chi connectivity index (χ4v) is 1.64. The molecule has 0 bridgehead atoms. The molecule has 4 N–H and O–H groups in total. The first-order valence-corrected chi connectivity index (χ1v) is 5.55. The van der Waals surface area contributed by atoms with Crippen LogP contribution in [-0.2, 0) is 6.54 Å². The van der Waals surface area contributed by atoms with Gasteiger partial charge in [-0.25, -0.2) is 5.84 Å². The van der Waals surface area contributed by atoms with E-state index < -0.39 is 0 Å². The van der Waals surface area contributed by atoms with Gasteiger partial charge in [-0.05, 0) is 19.5 Å². The summed E-state index contributed by atoms with van der Waals surface area (Å²) in [5.41, 5.74) is 2.52. The lowest BCUT2D eigenvalue weighted by molar-refractivity contribution is 0.0952. The van der Waals surface area contributed by atoms with Gasteiger partial charge in [-0.1, -0.05) is 6.92 Å². The molecule has 0 unspecified atom stereocenters. The number of carbonyl (C=O) groups is 1. The standard InChI is InChI=1S/C11H19N3O3/c1-3-14(4-5-15)7-9-6-10(8(2)17-9)11(16)13-12/h6,15H,3-5,7,12H2,1-2H3,(H,13,16). The van der Waals surface area contributed by atoms with Crippen LogP contribution in [0.3, 0.4) is 0 Å². The molecule has 0 atom stereocenters. The predicted molar refractivity (Wildman–Crippen MR) is 63.1 cm³/mol. The van der Waals surface area contributed by atoms with E-state index >= 15 is 0 Å². The summed E-state index contributed by atoms with van der Waals surface area (Å²) in [5.74, 6) is 5.95. The highest BCUT2D eigenvalue weighted by Crippen LogP contribution is 2.16. The van der Waals surface area contributed by atoms with Gasteiger partial charge in [-0.2, -0.15) is 0 Å². The zero-order chi connectivity index (χ0) is 12.8. The number of nitrogen functional groups attached to an aromatic ring is 1. The van der Waals surface area contributed by atoms with Crippen LogP contribution in [-0.4, -0.2) is 35.6 Å². The molecule has 6 heteroatoms. The molecular weight excluding hydrogens is 222 g/mol. The number of aliphatic hydroxyl groups excluding tert-OH is 1. The van der Waals surface area contributed by atoms with Crippen LogP contribution >= 0.6 is 0 Å². The van der Waals surface area contributed by atoms with E-state index in [9.17, 15) is 4.79 Å². The number of aliphatic hydroxyl groups is 1. The zero-order valence-electron chi connectivity index (χ0n) is 10.2. The molecular formula is C11H19N3O3. The molecule has 17 heavy (non-hydrogen) atoms. The molecule has 0 aliphatic rings. The van der Waals surface area contributed by atoms with Crippen molar-refractivity contribution in [3.63, 3.8) is 0 Å². The van der Waals surface area contributed by atoms with Crippen molar-refractivity contribution < 1.29 is 14.3 Å². The van der Waals surface area contributed by atoms with Crippen molar-refractivity contribution >= 4 is 5.91 Å². The number of hydrogen-bond donors (Lipinski definition) is 3. The average molecular weight is 241 g/mol. The van der Waals surface area contributed by atoms with Gasteiger partial charge >= 0.3 is 0 Å². The van der Waals surface area contributed by atoms with E-state index in [0.717, 1.165) is 6.54 Å². The second-order valence-corrected chi connectivity index (χ2v) is 3.75. The summed E-state index contributed by atoms with van der Waals surface area (Å²) >= 11 is 0. The van der Waals surface area contributed by atoms with E-state index in [0.29, 0.717) is 30.2 Å². The molecule has 0 aliphatic heterocycles. The summed E-state index contributed by atoms with van der Waals surface area (Å²) in [6.07, 6.45) is 0. The van der Waals surface area contributed by atoms with Gasteiger partial charge in [-0.15, -0.1) is 0 Å². The maximum Gasteiger partial charge on any atom is 0.268 e. The SMILES string of the molecule is CCN(CCO)Cc1cc(C(=O)NN)c(C)o1. The Bertz CT molecular complexity index is 376. The molecule has 1 heterocycles. The Morgan fingerprint density at radius 3 is 2.88 bits per heavy atom.